The van der Waals surface area contributed by atoms with E-state index in [4.69, 9.17) is 4.74 Å². The van der Waals surface area contributed by atoms with Crippen LogP contribution in [0.25, 0.3) is 10.8 Å². The van der Waals surface area contributed by atoms with E-state index < -0.39 is 23.2 Å². The summed E-state index contributed by atoms with van der Waals surface area (Å²) >= 11 is 0. The van der Waals surface area contributed by atoms with Gasteiger partial charge in [0.2, 0.25) is 0 Å². The van der Waals surface area contributed by atoms with Crippen LogP contribution < -0.4 is 4.74 Å². The van der Waals surface area contributed by atoms with E-state index in [9.17, 15) is 28.6 Å². The van der Waals surface area contributed by atoms with Gasteiger partial charge >= 0.3 is 5.97 Å². The number of ketones is 1. The summed E-state index contributed by atoms with van der Waals surface area (Å²) < 4.78 is 33.3. The Labute approximate surface area is 207 Å². The minimum atomic E-state index is -2.95. The van der Waals surface area contributed by atoms with Crippen LogP contribution in [-0.4, -0.2) is 22.0 Å². The molecule has 2 unspecified atom stereocenters. The number of Topliss-reactive ketones (excluding diaryl/α,β-unsaturated/α-hetero) is 1. The molecule has 0 radical (unpaired) electrons. The van der Waals surface area contributed by atoms with Crippen molar-refractivity contribution in [1.82, 2.24) is 0 Å². The van der Waals surface area contributed by atoms with Gasteiger partial charge in [-0.05, 0) is 43.2 Å². The molecular formula is C29H28F2O5. The Morgan fingerprint density at radius 2 is 1.72 bits per heavy atom. The standard InChI is InChI=1S/C29H28F2O5/c1-28(30,31)18-9-7-17(8-10-18)16-36-26-20-6-3-2-5-19(20)24(32)15-22(26)25(33)21-11-12-23(21)29(27(34)35)13-4-14-29/h2-3,5-10,15,21,23,32H,4,11-14,16H2,1H3,(H,34,35). The van der Waals surface area contributed by atoms with Crippen LogP contribution in [0.15, 0.2) is 54.6 Å². The molecule has 0 amide bonds. The molecule has 2 aliphatic rings. The smallest absolute Gasteiger partial charge is 0.309 e. The van der Waals surface area contributed by atoms with E-state index in [1.54, 1.807) is 36.4 Å². The number of phenols is 1. The maximum atomic E-state index is 13.8. The molecule has 0 saturated heterocycles. The number of ether oxygens (including phenoxy) is 1. The number of carbonyl (C=O) groups excluding carboxylic acids is 1. The van der Waals surface area contributed by atoms with E-state index in [2.05, 4.69) is 0 Å². The van der Waals surface area contributed by atoms with Gasteiger partial charge in [0.25, 0.3) is 5.92 Å². The van der Waals surface area contributed by atoms with Crippen LogP contribution in [-0.2, 0) is 17.3 Å². The lowest BCUT2D eigenvalue weighted by Crippen LogP contribution is -2.53. The van der Waals surface area contributed by atoms with Gasteiger partial charge in [0, 0.05) is 29.2 Å². The van der Waals surface area contributed by atoms with Gasteiger partial charge in [0.15, 0.2) is 5.78 Å². The Balaban J connectivity index is 1.48. The molecule has 3 aromatic carbocycles. The van der Waals surface area contributed by atoms with Gasteiger partial charge in [-0.25, -0.2) is 8.78 Å². The molecule has 36 heavy (non-hydrogen) atoms. The zero-order valence-electron chi connectivity index (χ0n) is 20.0. The third-order valence-electron chi connectivity index (χ3n) is 8.08. The molecule has 188 valence electrons. The fourth-order valence-electron chi connectivity index (χ4n) is 5.69. The van der Waals surface area contributed by atoms with Crippen LogP contribution >= 0.6 is 0 Å². The summed E-state index contributed by atoms with van der Waals surface area (Å²) in [6, 6.07) is 14.3. The highest BCUT2D eigenvalue weighted by atomic mass is 19.3. The highest BCUT2D eigenvalue weighted by Crippen LogP contribution is 2.58. The molecule has 2 fully saturated rings. The number of carboxylic acid groups (broad SMARTS) is 1. The number of halogens is 2. The Bertz CT molecular complexity index is 1320. The molecule has 2 saturated carbocycles. The summed E-state index contributed by atoms with van der Waals surface area (Å²) in [5.74, 6) is -4.44. The molecule has 0 heterocycles. The van der Waals surface area contributed by atoms with Crippen molar-refractivity contribution in [3.05, 3.63) is 71.3 Å². The number of aromatic hydroxyl groups is 1. The first-order valence-corrected chi connectivity index (χ1v) is 12.2. The molecule has 3 aromatic rings. The molecule has 5 nitrogen and oxygen atoms in total. The van der Waals surface area contributed by atoms with E-state index >= 15 is 0 Å². The summed E-state index contributed by atoms with van der Waals surface area (Å²) in [5.41, 5.74) is -0.0740. The van der Waals surface area contributed by atoms with Crippen LogP contribution in [0.3, 0.4) is 0 Å². The Hall–Kier alpha value is -3.48. The average molecular weight is 495 g/mol. The number of rotatable bonds is 8. The number of aliphatic carboxylic acids is 1. The zero-order chi connectivity index (χ0) is 25.7. The van der Waals surface area contributed by atoms with Gasteiger partial charge in [-0.3, -0.25) is 9.59 Å². The number of alkyl halides is 2. The van der Waals surface area contributed by atoms with E-state index in [0.29, 0.717) is 47.8 Å². The van der Waals surface area contributed by atoms with Crippen molar-refractivity contribution < 1.29 is 33.3 Å². The maximum absolute atomic E-state index is 13.8. The SMILES string of the molecule is CC(F)(F)c1ccc(COc2c(C(=O)C3CCC3C3(C(=O)O)CCC3)cc(O)c3ccccc23)cc1. The van der Waals surface area contributed by atoms with Crippen molar-refractivity contribution in [3.63, 3.8) is 0 Å². The van der Waals surface area contributed by atoms with Gasteiger partial charge in [-0.2, -0.15) is 0 Å². The molecule has 7 heteroatoms. The highest BCUT2D eigenvalue weighted by molar-refractivity contribution is 6.08. The molecule has 0 aliphatic heterocycles. The lowest BCUT2D eigenvalue weighted by Gasteiger charge is -2.52. The number of benzene rings is 3. The first-order valence-electron chi connectivity index (χ1n) is 12.2. The first kappa shape index (κ1) is 24.2. The Kier molecular flexibility index (Phi) is 5.97. The summed E-state index contributed by atoms with van der Waals surface area (Å²) in [5, 5.41) is 21.7. The molecule has 2 N–H and O–H groups in total. The predicted molar refractivity (Wildman–Crippen MR) is 130 cm³/mol. The Morgan fingerprint density at radius 1 is 1.06 bits per heavy atom. The summed E-state index contributed by atoms with van der Waals surface area (Å²) in [6.07, 6.45) is 3.29. The topological polar surface area (TPSA) is 83.8 Å². The number of phenolic OH excluding ortho intramolecular Hbond substituents is 1. The van der Waals surface area contributed by atoms with Gasteiger partial charge in [0.05, 0.1) is 11.0 Å². The summed E-state index contributed by atoms with van der Waals surface area (Å²) in [6.45, 7) is 0.878. The van der Waals surface area contributed by atoms with Gasteiger partial charge in [0.1, 0.15) is 18.1 Å². The van der Waals surface area contributed by atoms with E-state index in [-0.39, 0.29) is 35.2 Å². The first-order chi connectivity index (χ1) is 17.1. The second kappa shape index (κ2) is 8.87. The maximum Gasteiger partial charge on any atom is 0.309 e. The largest absolute Gasteiger partial charge is 0.507 e. The highest BCUT2D eigenvalue weighted by Gasteiger charge is 2.57. The minimum Gasteiger partial charge on any atom is -0.507 e. The number of carbonyl (C=O) groups is 2. The van der Waals surface area contributed by atoms with Crippen molar-refractivity contribution in [2.45, 2.75) is 51.6 Å². The number of carboxylic acids is 1. The van der Waals surface area contributed by atoms with E-state index in [1.165, 1.54) is 18.2 Å². The molecule has 0 spiro atoms. The third-order valence-corrected chi connectivity index (χ3v) is 8.08. The fourth-order valence-corrected chi connectivity index (χ4v) is 5.69. The molecule has 0 aromatic heterocycles. The van der Waals surface area contributed by atoms with Crippen molar-refractivity contribution in [2.75, 3.05) is 0 Å². The van der Waals surface area contributed by atoms with Crippen molar-refractivity contribution >= 4 is 22.5 Å². The Morgan fingerprint density at radius 3 is 2.25 bits per heavy atom. The molecule has 2 aliphatic carbocycles. The second-order valence-electron chi connectivity index (χ2n) is 10.2. The van der Waals surface area contributed by atoms with Crippen LogP contribution in [0.2, 0.25) is 0 Å². The fraction of sp³-hybridized carbons (Fsp3) is 0.379. The number of hydrogen-bond acceptors (Lipinski definition) is 4. The average Bonchev–Trinajstić information content (AvgIpc) is 2.79. The minimum absolute atomic E-state index is 0.0395. The van der Waals surface area contributed by atoms with Gasteiger partial charge < -0.3 is 14.9 Å². The van der Waals surface area contributed by atoms with E-state index in [1.807, 2.05) is 0 Å². The van der Waals surface area contributed by atoms with Crippen molar-refractivity contribution in [3.8, 4) is 11.5 Å². The van der Waals surface area contributed by atoms with E-state index in [0.717, 1.165) is 13.3 Å². The van der Waals surface area contributed by atoms with Crippen molar-refractivity contribution in [1.29, 1.82) is 0 Å². The molecule has 2 atom stereocenters. The summed E-state index contributed by atoms with van der Waals surface area (Å²) in [7, 11) is 0. The van der Waals surface area contributed by atoms with Crippen LogP contribution in [0.5, 0.6) is 11.5 Å². The predicted octanol–water partition coefficient (Wildman–Crippen LogP) is 6.70. The molecular weight excluding hydrogens is 466 g/mol. The van der Waals surface area contributed by atoms with Crippen molar-refractivity contribution in [2.24, 2.45) is 17.3 Å². The lowest BCUT2D eigenvalue weighted by atomic mass is 9.50. The molecule has 5 rings (SSSR count). The summed E-state index contributed by atoms with van der Waals surface area (Å²) in [4.78, 5) is 25.8. The van der Waals surface area contributed by atoms with Crippen LogP contribution in [0.1, 0.15) is 60.5 Å². The molecule has 0 bridgehead atoms. The quantitative estimate of drug-likeness (QED) is 0.341. The van der Waals surface area contributed by atoms with Gasteiger partial charge in [-0.15, -0.1) is 0 Å². The second-order valence-corrected chi connectivity index (χ2v) is 10.2. The van der Waals surface area contributed by atoms with Gasteiger partial charge in [-0.1, -0.05) is 55.0 Å². The third kappa shape index (κ3) is 4.00. The normalized spacial score (nSPS) is 20.9. The number of fused-ring (bicyclic) bond motifs is 1. The zero-order valence-corrected chi connectivity index (χ0v) is 20.0. The monoisotopic (exact) mass is 494 g/mol. The van der Waals surface area contributed by atoms with Crippen LogP contribution in [0, 0.1) is 17.3 Å². The lowest BCUT2D eigenvalue weighted by molar-refractivity contribution is -0.165. The van der Waals surface area contributed by atoms with Crippen LogP contribution in [0.4, 0.5) is 8.78 Å². The number of hydrogen-bond donors (Lipinski definition) is 2.